The molecule has 2 aromatic rings. The summed E-state index contributed by atoms with van der Waals surface area (Å²) in [6.45, 7) is -0.0995. The maximum Gasteiger partial charge on any atom is 0.416 e. The standard InChI is InChI=1S/C23H24F3NO6S/c1-32-20-10-9-17(14-21(20)34(30,31)27-11-4-2-3-5-12-27)22(29)33-15-19(28)16-7-6-8-18(13-16)23(24,25)26/h6-10,13-14H,2-5,11-12,15H2,1H3. The molecule has 1 aliphatic rings. The Morgan fingerprint density at radius 2 is 1.65 bits per heavy atom. The smallest absolute Gasteiger partial charge is 0.416 e. The van der Waals surface area contributed by atoms with Gasteiger partial charge >= 0.3 is 12.1 Å². The molecule has 0 aromatic heterocycles. The van der Waals surface area contributed by atoms with Gasteiger partial charge in [0, 0.05) is 18.7 Å². The van der Waals surface area contributed by atoms with Crippen LogP contribution in [0.1, 0.15) is 52.0 Å². The van der Waals surface area contributed by atoms with E-state index in [1.807, 2.05) is 0 Å². The van der Waals surface area contributed by atoms with E-state index in [0.717, 1.165) is 43.9 Å². The van der Waals surface area contributed by atoms with E-state index >= 15 is 0 Å². The van der Waals surface area contributed by atoms with Gasteiger partial charge < -0.3 is 9.47 Å². The molecule has 1 heterocycles. The highest BCUT2D eigenvalue weighted by molar-refractivity contribution is 7.89. The first kappa shape index (κ1) is 25.7. The van der Waals surface area contributed by atoms with E-state index in [0.29, 0.717) is 19.2 Å². The average Bonchev–Trinajstić information content (AvgIpc) is 3.11. The van der Waals surface area contributed by atoms with Crippen molar-refractivity contribution in [3.05, 3.63) is 59.2 Å². The van der Waals surface area contributed by atoms with Crippen LogP contribution in [0.2, 0.25) is 0 Å². The number of ketones is 1. The SMILES string of the molecule is COc1ccc(C(=O)OCC(=O)c2cccc(C(F)(F)F)c2)cc1S(=O)(=O)N1CCCCCC1. The van der Waals surface area contributed by atoms with E-state index in [2.05, 4.69) is 0 Å². The van der Waals surface area contributed by atoms with Crippen molar-refractivity contribution in [2.45, 2.75) is 36.8 Å². The van der Waals surface area contributed by atoms with Gasteiger partial charge in [0.05, 0.1) is 18.2 Å². The van der Waals surface area contributed by atoms with Crippen LogP contribution in [-0.4, -0.2) is 51.3 Å². The number of methoxy groups -OCH3 is 1. The maximum atomic E-state index is 13.2. The van der Waals surface area contributed by atoms with E-state index in [4.69, 9.17) is 9.47 Å². The summed E-state index contributed by atoms with van der Waals surface area (Å²) < 4.78 is 76.5. The van der Waals surface area contributed by atoms with Crippen LogP contribution < -0.4 is 4.74 Å². The van der Waals surface area contributed by atoms with Gasteiger partial charge in [0.2, 0.25) is 10.0 Å². The van der Waals surface area contributed by atoms with Crippen molar-refractivity contribution in [2.24, 2.45) is 0 Å². The normalized spacial score (nSPS) is 15.4. The molecule has 7 nitrogen and oxygen atoms in total. The van der Waals surface area contributed by atoms with E-state index < -0.39 is 40.1 Å². The van der Waals surface area contributed by atoms with Crippen molar-refractivity contribution in [1.82, 2.24) is 4.31 Å². The molecule has 0 bridgehead atoms. The number of esters is 1. The first-order chi connectivity index (χ1) is 16.0. The molecule has 0 saturated carbocycles. The molecule has 0 radical (unpaired) electrons. The lowest BCUT2D eigenvalue weighted by Crippen LogP contribution is -2.32. The van der Waals surface area contributed by atoms with Crippen molar-refractivity contribution in [3.8, 4) is 5.75 Å². The first-order valence-corrected chi connectivity index (χ1v) is 12.0. The van der Waals surface area contributed by atoms with Crippen molar-refractivity contribution in [2.75, 3.05) is 26.8 Å². The molecule has 11 heteroatoms. The molecular formula is C23H24F3NO6S. The van der Waals surface area contributed by atoms with E-state index in [-0.39, 0.29) is 21.8 Å². The third-order valence-electron chi connectivity index (χ3n) is 5.43. The Balaban J connectivity index is 1.77. The minimum Gasteiger partial charge on any atom is -0.495 e. The number of hydrogen-bond acceptors (Lipinski definition) is 6. The second kappa shape index (κ2) is 10.6. The number of halogens is 3. The number of nitrogens with zero attached hydrogens (tertiary/aromatic N) is 1. The maximum absolute atomic E-state index is 13.2. The van der Waals surface area contributed by atoms with Gasteiger partial charge in [-0.1, -0.05) is 25.0 Å². The van der Waals surface area contributed by atoms with Gasteiger partial charge in [-0.05, 0) is 43.2 Å². The van der Waals surface area contributed by atoms with Crippen LogP contribution in [0.3, 0.4) is 0 Å². The third-order valence-corrected chi connectivity index (χ3v) is 7.35. The molecule has 3 rings (SSSR count). The Bertz CT molecular complexity index is 1160. The van der Waals surface area contributed by atoms with Crippen LogP contribution in [0.15, 0.2) is 47.4 Å². The van der Waals surface area contributed by atoms with E-state index in [1.165, 1.54) is 29.6 Å². The average molecular weight is 500 g/mol. The number of Topliss-reactive ketones (excluding diaryl/α,β-unsaturated/α-hetero) is 1. The largest absolute Gasteiger partial charge is 0.495 e. The molecule has 0 atom stereocenters. The zero-order valence-electron chi connectivity index (χ0n) is 18.4. The van der Waals surface area contributed by atoms with E-state index in [9.17, 15) is 31.2 Å². The van der Waals surface area contributed by atoms with Gasteiger partial charge in [-0.15, -0.1) is 0 Å². The Morgan fingerprint density at radius 1 is 0.971 bits per heavy atom. The molecule has 2 aromatic carbocycles. The van der Waals surface area contributed by atoms with Crippen LogP contribution >= 0.6 is 0 Å². The zero-order chi connectivity index (χ0) is 24.9. The quantitative estimate of drug-likeness (QED) is 0.417. The Kier molecular flexibility index (Phi) is 7.98. The van der Waals surface area contributed by atoms with Gasteiger partial charge in [-0.2, -0.15) is 17.5 Å². The topological polar surface area (TPSA) is 90.0 Å². The first-order valence-electron chi connectivity index (χ1n) is 10.6. The molecule has 184 valence electrons. The summed E-state index contributed by atoms with van der Waals surface area (Å²) in [6, 6.07) is 7.50. The molecule has 1 saturated heterocycles. The second-order valence-electron chi connectivity index (χ2n) is 7.76. The van der Waals surface area contributed by atoms with Gasteiger partial charge in [0.1, 0.15) is 10.6 Å². The Labute approximate surface area is 195 Å². The van der Waals surface area contributed by atoms with Crippen molar-refractivity contribution < 1.29 is 40.7 Å². The highest BCUT2D eigenvalue weighted by Crippen LogP contribution is 2.31. The number of sulfonamides is 1. The summed E-state index contributed by atoms with van der Waals surface area (Å²) >= 11 is 0. The molecule has 1 aliphatic heterocycles. The number of carbonyl (C=O) groups excluding carboxylic acids is 2. The predicted molar refractivity (Wildman–Crippen MR) is 116 cm³/mol. The Morgan fingerprint density at radius 3 is 2.26 bits per heavy atom. The third kappa shape index (κ3) is 5.95. The Hall–Kier alpha value is -2.92. The van der Waals surface area contributed by atoms with Crippen molar-refractivity contribution >= 4 is 21.8 Å². The number of carbonyl (C=O) groups is 2. The lowest BCUT2D eigenvalue weighted by atomic mass is 10.1. The molecule has 0 spiro atoms. The summed E-state index contributed by atoms with van der Waals surface area (Å²) in [5.74, 6) is -1.76. The number of rotatable bonds is 7. The van der Waals surface area contributed by atoms with Crippen molar-refractivity contribution in [1.29, 1.82) is 0 Å². The molecule has 34 heavy (non-hydrogen) atoms. The summed E-state index contributed by atoms with van der Waals surface area (Å²) in [4.78, 5) is 24.6. The summed E-state index contributed by atoms with van der Waals surface area (Å²) in [7, 11) is -2.64. The second-order valence-corrected chi connectivity index (χ2v) is 9.67. The lowest BCUT2D eigenvalue weighted by molar-refractivity contribution is -0.137. The molecule has 0 unspecified atom stereocenters. The van der Waals surface area contributed by atoms with E-state index in [1.54, 1.807) is 0 Å². The monoisotopic (exact) mass is 499 g/mol. The summed E-state index contributed by atoms with van der Waals surface area (Å²) in [5, 5.41) is 0. The van der Waals surface area contributed by atoms with Gasteiger partial charge in [-0.3, -0.25) is 4.79 Å². The summed E-state index contributed by atoms with van der Waals surface area (Å²) in [5.41, 5.74) is -1.39. The van der Waals surface area contributed by atoms with Gasteiger partial charge in [0.15, 0.2) is 12.4 Å². The van der Waals surface area contributed by atoms with Crippen molar-refractivity contribution in [3.63, 3.8) is 0 Å². The predicted octanol–water partition coefficient (Wildman–Crippen LogP) is 4.32. The van der Waals surface area contributed by atoms with Crippen LogP contribution in [0.4, 0.5) is 13.2 Å². The molecule has 0 amide bonds. The van der Waals surface area contributed by atoms with Crippen LogP contribution in [-0.2, 0) is 20.9 Å². The molecule has 1 fully saturated rings. The number of ether oxygens (including phenoxy) is 2. The van der Waals surface area contributed by atoms with Crippen LogP contribution in [0.25, 0.3) is 0 Å². The summed E-state index contributed by atoms with van der Waals surface area (Å²) in [6.07, 6.45) is -1.32. The number of benzene rings is 2. The fraction of sp³-hybridized carbons (Fsp3) is 0.391. The van der Waals surface area contributed by atoms with Crippen LogP contribution in [0, 0.1) is 0 Å². The molecular weight excluding hydrogens is 475 g/mol. The number of alkyl halides is 3. The minimum absolute atomic E-state index is 0.0563. The van der Waals surface area contributed by atoms with Crippen LogP contribution in [0.5, 0.6) is 5.75 Å². The van der Waals surface area contributed by atoms with Gasteiger partial charge in [0.25, 0.3) is 0 Å². The minimum atomic E-state index is -4.62. The van der Waals surface area contributed by atoms with Gasteiger partial charge in [-0.25, -0.2) is 13.2 Å². The fourth-order valence-electron chi connectivity index (χ4n) is 3.59. The zero-order valence-corrected chi connectivity index (χ0v) is 19.2. The molecule has 0 N–H and O–H groups in total. The fourth-order valence-corrected chi connectivity index (χ4v) is 5.29. The lowest BCUT2D eigenvalue weighted by Gasteiger charge is -2.21. The highest BCUT2D eigenvalue weighted by atomic mass is 32.2. The number of hydrogen-bond donors (Lipinski definition) is 0. The molecule has 0 aliphatic carbocycles. The highest BCUT2D eigenvalue weighted by Gasteiger charge is 2.31.